The summed E-state index contributed by atoms with van der Waals surface area (Å²) in [7, 11) is 0. The number of hydrogen-bond donors (Lipinski definition) is 14. The SMILES string of the molecule is CC1CC(C2NC(=O)/C(=C/NC(N)=O)NC(=O)C(CO)NC(=O)C(CO)NC(=O)C(NC(=O)CC(N)CCCN)CNC2=O)N=C(N)N1. The molecule has 1 fully saturated rings. The summed E-state index contributed by atoms with van der Waals surface area (Å²) in [4.78, 5) is 94.7. The third kappa shape index (κ3) is 12.3. The van der Waals surface area contributed by atoms with Crippen molar-refractivity contribution in [2.75, 3.05) is 26.3 Å². The maximum absolute atomic E-state index is 13.6. The van der Waals surface area contributed by atoms with Gasteiger partial charge in [-0.15, -0.1) is 0 Å². The number of aliphatic hydroxyl groups is 2. The second kappa shape index (κ2) is 18.9. The van der Waals surface area contributed by atoms with Crippen molar-refractivity contribution in [2.24, 2.45) is 27.9 Å². The highest BCUT2D eigenvalue weighted by atomic mass is 16.3. The first-order chi connectivity index (χ1) is 22.7. The zero-order valence-corrected chi connectivity index (χ0v) is 26.3. The van der Waals surface area contributed by atoms with E-state index in [-0.39, 0.29) is 24.8 Å². The molecule has 1 saturated heterocycles. The van der Waals surface area contributed by atoms with E-state index in [0.717, 1.165) is 0 Å². The second-order valence-corrected chi connectivity index (χ2v) is 11.1. The summed E-state index contributed by atoms with van der Waals surface area (Å²) in [6.07, 6.45) is 1.62. The average molecular weight is 684 g/mol. The van der Waals surface area contributed by atoms with Crippen LogP contribution < -0.4 is 65.5 Å². The summed E-state index contributed by atoms with van der Waals surface area (Å²) in [6, 6.07) is -9.54. The Morgan fingerprint density at radius 1 is 1.00 bits per heavy atom. The predicted octanol–water partition coefficient (Wildman–Crippen LogP) is -7.81. The Morgan fingerprint density at radius 3 is 2.25 bits per heavy atom. The predicted molar refractivity (Wildman–Crippen MR) is 167 cm³/mol. The van der Waals surface area contributed by atoms with Gasteiger partial charge in [-0.3, -0.25) is 28.8 Å². The molecule has 7 atom stereocenters. The zero-order chi connectivity index (χ0) is 36.0. The van der Waals surface area contributed by atoms with E-state index >= 15 is 0 Å². The van der Waals surface area contributed by atoms with Crippen LogP contribution in [0.15, 0.2) is 16.9 Å². The first-order valence-electron chi connectivity index (χ1n) is 15.0. The van der Waals surface area contributed by atoms with Crippen LogP contribution in [0.4, 0.5) is 4.79 Å². The Kier molecular flexibility index (Phi) is 15.4. The molecule has 0 aromatic carbocycles. The van der Waals surface area contributed by atoms with Crippen LogP contribution in [0.2, 0.25) is 0 Å². The monoisotopic (exact) mass is 683 g/mol. The fourth-order valence-corrected chi connectivity index (χ4v) is 4.66. The molecule has 2 aliphatic heterocycles. The van der Waals surface area contributed by atoms with Crippen molar-refractivity contribution in [1.29, 1.82) is 0 Å². The van der Waals surface area contributed by atoms with E-state index in [1.54, 1.807) is 6.92 Å². The number of carbonyl (C=O) groups excluding carboxylic acids is 7. The van der Waals surface area contributed by atoms with Crippen LogP contribution in [0.3, 0.4) is 0 Å². The molecule has 8 amide bonds. The summed E-state index contributed by atoms with van der Waals surface area (Å²) < 4.78 is 0. The molecule has 2 rings (SSSR count). The Labute approximate surface area is 275 Å². The Hall–Kier alpha value is -5.06. The number of aliphatic hydroxyl groups excluding tert-OH is 2. The summed E-state index contributed by atoms with van der Waals surface area (Å²) in [5, 5.41) is 38.4. The van der Waals surface area contributed by atoms with Crippen LogP contribution in [-0.4, -0.2) is 126 Å². The molecule has 7 unspecified atom stereocenters. The lowest BCUT2D eigenvalue weighted by Crippen LogP contribution is -2.62. The second-order valence-electron chi connectivity index (χ2n) is 11.1. The molecule has 0 bridgehead atoms. The van der Waals surface area contributed by atoms with Gasteiger partial charge in [0.25, 0.3) is 5.91 Å². The van der Waals surface area contributed by atoms with E-state index in [2.05, 4.69) is 42.2 Å². The Morgan fingerprint density at radius 2 is 1.65 bits per heavy atom. The molecule has 18 N–H and O–H groups in total. The first-order valence-corrected chi connectivity index (χ1v) is 15.0. The highest BCUT2D eigenvalue weighted by Gasteiger charge is 2.36. The van der Waals surface area contributed by atoms with E-state index in [9.17, 15) is 43.8 Å². The molecule has 0 aromatic heterocycles. The van der Waals surface area contributed by atoms with Gasteiger partial charge in [0.2, 0.25) is 29.5 Å². The van der Waals surface area contributed by atoms with Crippen molar-refractivity contribution >= 4 is 47.4 Å². The van der Waals surface area contributed by atoms with E-state index in [0.29, 0.717) is 25.6 Å². The summed E-state index contributed by atoms with van der Waals surface area (Å²) in [5.74, 6) is -6.11. The van der Waals surface area contributed by atoms with Gasteiger partial charge >= 0.3 is 6.03 Å². The minimum absolute atomic E-state index is 0.0422. The largest absolute Gasteiger partial charge is 0.394 e. The normalized spacial score (nSPS) is 27.6. The smallest absolute Gasteiger partial charge is 0.316 e. The summed E-state index contributed by atoms with van der Waals surface area (Å²) in [5.41, 5.74) is 21.8. The molecular weight excluding hydrogens is 638 g/mol. The summed E-state index contributed by atoms with van der Waals surface area (Å²) >= 11 is 0. The Bertz CT molecular complexity index is 1280. The number of guanidine groups is 1. The molecular formula is C26H45N13O9. The van der Waals surface area contributed by atoms with Gasteiger partial charge in [-0.05, 0) is 32.7 Å². The number of nitrogens with zero attached hydrogens (tertiary/aromatic N) is 1. The number of primary amides is 1. The molecule has 2 heterocycles. The third-order valence-electron chi connectivity index (χ3n) is 7.10. The minimum Gasteiger partial charge on any atom is -0.394 e. The molecule has 0 aromatic rings. The standard InChI is InChI=1S/C26H45N13O9/c1-11-5-13(38-25(29)33-11)19-24(47)31-7-14(34-18(42)6-12(28)3-2-4-27)20(43)36-17(10-41)23(46)37-16(9-40)22(45)35-15(21(44)39-19)8-32-26(30)48/h8,11-14,16-17,19,40-41H,2-7,9-10,27-28H2,1H3,(H,31,47)(H,34,42)(H,35,45)(H,36,43)(H,37,46)(H,39,44)(H3,29,33,38)(H3,30,32,48)/b15-8-. The number of hydrogen-bond acceptors (Lipinski definition) is 14. The number of aliphatic imine (C=N–C) groups is 1. The van der Waals surface area contributed by atoms with Crippen LogP contribution in [0.5, 0.6) is 0 Å². The van der Waals surface area contributed by atoms with E-state index in [1.807, 2.05) is 5.32 Å². The third-order valence-corrected chi connectivity index (χ3v) is 7.10. The van der Waals surface area contributed by atoms with Gasteiger partial charge in [0.15, 0.2) is 5.96 Å². The number of urea groups is 1. The minimum atomic E-state index is -1.75. The summed E-state index contributed by atoms with van der Waals surface area (Å²) in [6.45, 7) is -0.502. The average Bonchev–Trinajstić information content (AvgIpc) is 3.02. The van der Waals surface area contributed by atoms with E-state index in [4.69, 9.17) is 22.9 Å². The molecule has 48 heavy (non-hydrogen) atoms. The van der Waals surface area contributed by atoms with Crippen molar-refractivity contribution in [1.82, 2.24) is 42.5 Å². The zero-order valence-electron chi connectivity index (χ0n) is 26.3. The fraction of sp³-hybridized carbons (Fsp3) is 0.615. The maximum atomic E-state index is 13.6. The molecule has 268 valence electrons. The number of nitrogens with two attached hydrogens (primary N) is 4. The van der Waals surface area contributed by atoms with Crippen LogP contribution in [0.25, 0.3) is 0 Å². The van der Waals surface area contributed by atoms with Gasteiger partial charge < -0.3 is 75.7 Å². The number of amides is 8. The van der Waals surface area contributed by atoms with Crippen LogP contribution in [-0.2, 0) is 28.8 Å². The number of rotatable bonds is 10. The van der Waals surface area contributed by atoms with Crippen molar-refractivity contribution in [3.8, 4) is 0 Å². The van der Waals surface area contributed by atoms with Gasteiger partial charge in [0.05, 0.1) is 19.3 Å². The van der Waals surface area contributed by atoms with Crippen LogP contribution in [0, 0.1) is 0 Å². The lowest BCUT2D eigenvalue weighted by molar-refractivity contribution is -0.135. The highest BCUT2D eigenvalue weighted by molar-refractivity contribution is 6.02. The van der Waals surface area contributed by atoms with Crippen LogP contribution >= 0.6 is 0 Å². The lowest BCUT2D eigenvalue weighted by atomic mass is 9.98. The molecule has 0 saturated carbocycles. The highest BCUT2D eigenvalue weighted by Crippen LogP contribution is 2.13. The molecule has 22 nitrogen and oxygen atoms in total. The van der Waals surface area contributed by atoms with Gasteiger partial charge in [-0.2, -0.15) is 0 Å². The number of nitrogens with one attached hydrogen (secondary N) is 8. The maximum Gasteiger partial charge on any atom is 0.316 e. The molecule has 2 aliphatic rings. The van der Waals surface area contributed by atoms with Crippen molar-refractivity contribution < 1.29 is 43.8 Å². The molecule has 22 heteroatoms. The molecule has 0 spiro atoms. The molecule has 0 radical (unpaired) electrons. The lowest BCUT2D eigenvalue weighted by Gasteiger charge is -2.32. The van der Waals surface area contributed by atoms with E-state index in [1.165, 1.54) is 0 Å². The number of carbonyl (C=O) groups is 7. The quantitative estimate of drug-likeness (QED) is 0.0953. The van der Waals surface area contributed by atoms with Crippen molar-refractivity contribution in [2.45, 2.75) is 74.9 Å². The van der Waals surface area contributed by atoms with Crippen molar-refractivity contribution in [3.05, 3.63) is 11.9 Å². The van der Waals surface area contributed by atoms with E-state index < -0.39 is 103 Å². The molecule has 0 aliphatic carbocycles. The van der Waals surface area contributed by atoms with Gasteiger partial charge in [-0.25, -0.2) is 9.79 Å². The van der Waals surface area contributed by atoms with Gasteiger partial charge in [-0.1, -0.05) is 0 Å². The Balaban J connectivity index is 2.55. The van der Waals surface area contributed by atoms with Gasteiger partial charge in [0.1, 0.15) is 29.9 Å². The van der Waals surface area contributed by atoms with Crippen LogP contribution in [0.1, 0.15) is 32.6 Å². The van der Waals surface area contributed by atoms with Crippen molar-refractivity contribution in [3.63, 3.8) is 0 Å². The van der Waals surface area contributed by atoms with Gasteiger partial charge in [0, 0.05) is 31.2 Å². The topological polar surface area (TPSA) is 373 Å². The fourth-order valence-electron chi connectivity index (χ4n) is 4.66. The first kappa shape index (κ1) is 39.1.